The Morgan fingerprint density at radius 1 is 1.12 bits per heavy atom. The first kappa shape index (κ1) is 37.0. The number of thioether (sulfide) groups is 1. The van der Waals surface area contributed by atoms with Crippen molar-refractivity contribution >= 4 is 102 Å². The number of aryl methyl sites for hydroxylation is 1. The number of carboxylic acid groups (broad SMARTS) is 1. The molecule has 1 amide bonds. The average molecular weight is 790 g/mol. The fourth-order valence-electron chi connectivity index (χ4n) is 6.51. The number of aromatic nitrogens is 1. The highest BCUT2D eigenvalue weighted by Gasteiger charge is 2.62. The number of hydrogen-bond acceptors (Lipinski definition) is 8. The first-order chi connectivity index (χ1) is 24.2. The maximum absolute atomic E-state index is 13.2. The van der Waals surface area contributed by atoms with E-state index in [-0.39, 0.29) is 10.2 Å². The zero-order valence-corrected chi connectivity index (χ0v) is 31.3. The Kier molecular flexibility index (Phi) is 10.7. The van der Waals surface area contributed by atoms with Crippen LogP contribution >= 0.6 is 46.3 Å². The van der Waals surface area contributed by atoms with E-state index in [0.717, 1.165) is 30.8 Å². The smallest absolute Gasteiger partial charge is 0.326 e. The number of carbonyl (C=O) groups is 3. The highest BCUT2D eigenvalue weighted by molar-refractivity contribution is 8.03. The zero-order chi connectivity index (χ0) is 36.7. The molecule has 0 saturated carbocycles. The lowest BCUT2D eigenvalue weighted by molar-refractivity contribution is -0.669. The van der Waals surface area contributed by atoms with Gasteiger partial charge in [0, 0.05) is 46.4 Å². The van der Waals surface area contributed by atoms with E-state index in [1.807, 2.05) is 30.3 Å². The molecule has 266 valence electrons. The summed E-state index contributed by atoms with van der Waals surface area (Å²) in [6.07, 6.45) is 4.19. The van der Waals surface area contributed by atoms with E-state index in [1.54, 1.807) is 24.3 Å². The van der Waals surface area contributed by atoms with Gasteiger partial charge in [0.15, 0.2) is 17.3 Å². The van der Waals surface area contributed by atoms with E-state index in [0.29, 0.717) is 66.5 Å². The van der Waals surface area contributed by atoms with Crippen LogP contribution in [0, 0.1) is 0 Å². The predicted octanol–water partition coefficient (Wildman–Crippen LogP) is 6.73. The number of fused-ring (bicyclic) bond motifs is 3. The summed E-state index contributed by atoms with van der Waals surface area (Å²) in [7, 11) is -4.38. The van der Waals surface area contributed by atoms with Crippen molar-refractivity contribution in [3.05, 3.63) is 98.6 Å². The maximum atomic E-state index is 13.2. The van der Waals surface area contributed by atoms with Crippen molar-refractivity contribution in [2.24, 2.45) is 0 Å². The van der Waals surface area contributed by atoms with Gasteiger partial charge in [-0.3, -0.25) is 14.1 Å². The van der Waals surface area contributed by atoms with Crippen LogP contribution in [0.5, 0.6) is 0 Å². The van der Waals surface area contributed by atoms with Gasteiger partial charge in [0.2, 0.25) is 10.9 Å². The molecule has 2 aliphatic heterocycles. The van der Waals surface area contributed by atoms with Crippen LogP contribution in [0.4, 0.5) is 11.4 Å². The van der Waals surface area contributed by atoms with E-state index >= 15 is 0 Å². The molecule has 3 aromatic carbocycles. The highest BCUT2D eigenvalue weighted by atomic mass is 35.5. The molecule has 0 bridgehead atoms. The van der Waals surface area contributed by atoms with Gasteiger partial charge >= 0.3 is 16.1 Å². The Morgan fingerprint density at radius 3 is 2.47 bits per heavy atom. The molecule has 6 rings (SSSR count). The third-order valence-electron chi connectivity index (χ3n) is 9.16. The lowest BCUT2D eigenvalue weighted by Gasteiger charge is -2.47. The number of nitrogens with one attached hydrogen (secondary N) is 1. The van der Waals surface area contributed by atoms with Crippen LogP contribution in [-0.2, 0) is 26.3 Å². The maximum Gasteiger partial charge on any atom is 0.326 e. The zero-order valence-electron chi connectivity index (χ0n) is 27.3. The Hall–Kier alpha value is -3.76. The topological polar surface area (TPSA) is 145 Å². The summed E-state index contributed by atoms with van der Waals surface area (Å²) in [6.45, 7) is 6.66. The first-order valence-corrected chi connectivity index (χ1v) is 19.8. The molecule has 4 aromatic rings. The van der Waals surface area contributed by atoms with Gasteiger partial charge in [-0.2, -0.15) is 13.0 Å². The summed E-state index contributed by atoms with van der Waals surface area (Å²) < 4.78 is 38.5. The number of aldehydes is 1. The number of benzene rings is 3. The molecule has 11 nitrogen and oxygen atoms in total. The predicted molar refractivity (Wildman–Crippen MR) is 202 cm³/mol. The fraction of sp³-hybridized carbons (Fsp3) is 0.257. The van der Waals surface area contributed by atoms with Crippen molar-refractivity contribution in [2.75, 3.05) is 18.0 Å². The second-order valence-electron chi connectivity index (χ2n) is 12.3. The molecule has 0 radical (unpaired) electrons. The third kappa shape index (κ3) is 7.18. The summed E-state index contributed by atoms with van der Waals surface area (Å²) in [6, 6.07) is 16.2. The first-order valence-electron chi connectivity index (χ1n) is 15.9. The van der Waals surface area contributed by atoms with Crippen LogP contribution in [0.15, 0.2) is 82.9 Å². The molecule has 3 atom stereocenters. The van der Waals surface area contributed by atoms with Gasteiger partial charge in [0.05, 0.1) is 23.9 Å². The molecule has 1 aromatic heterocycles. The van der Waals surface area contributed by atoms with Crippen molar-refractivity contribution in [2.45, 2.75) is 49.0 Å². The van der Waals surface area contributed by atoms with Crippen molar-refractivity contribution in [3.63, 3.8) is 0 Å². The number of rotatable bonds is 13. The monoisotopic (exact) mass is 788 g/mol. The Bertz CT molecular complexity index is 2210. The average Bonchev–Trinajstić information content (AvgIpc) is 3.58. The molecule has 3 unspecified atom stereocenters. The van der Waals surface area contributed by atoms with Crippen LogP contribution in [0.3, 0.4) is 0 Å². The highest BCUT2D eigenvalue weighted by Crippen LogP contribution is 2.58. The van der Waals surface area contributed by atoms with Crippen LogP contribution in [0.1, 0.15) is 41.6 Å². The van der Waals surface area contributed by atoms with Gasteiger partial charge in [-0.05, 0) is 73.6 Å². The summed E-state index contributed by atoms with van der Waals surface area (Å²) in [4.78, 5) is 38.3. The van der Waals surface area contributed by atoms with Crippen LogP contribution in [0.25, 0.3) is 16.3 Å². The van der Waals surface area contributed by atoms with E-state index in [9.17, 15) is 32.5 Å². The van der Waals surface area contributed by atoms with E-state index in [4.69, 9.17) is 23.2 Å². The molecule has 3 heterocycles. The van der Waals surface area contributed by atoms with Crippen molar-refractivity contribution in [1.82, 2.24) is 9.80 Å². The molecule has 16 heteroatoms. The second kappa shape index (κ2) is 14.7. The van der Waals surface area contributed by atoms with Gasteiger partial charge in [-0.1, -0.05) is 41.1 Å². The quantitative estimate of drug-likeness (QED) is 0.0336. The van der Waals surface area contributed by atoms with Crippen molar-refractivity contribution in [3.8, 4) is 0 Å². The lowest BCUT2D eigenvalue weighted by Crippen LogP contribution is -2.66. The minimum Gasteiger partial charge on any atom is -0.480 e. The molecular formula is C35H34Cl2N4O7S3+2. The standard InChI is InChI=1S/C35H32Cl2N4O7S3/c1-21(40(22(2)35(44)45)26-9-5-23(20-42)6-10-26)34(43)38-14-3-4-15-39-27-17-24(36)7-11-29(27)49-31(39)19-32-41(16-13-33(41)51(46,47)48)28-18-25(37)8-12-30(28)50-32/h5-12,17-20,22,33H,1,3-4,13-16H2,2H3,(H-2,38,43,44,45,46,47,48)/p+2/b32-19-. The number of halogens is 2. The number of quaternary nitrogens is 1. The number of unbranched alkanes of at least 4 members (excludes halogenated alkanes) is 1. The number of amides is 1. The normalized spacial score (nSPS) is 19.5. The second-order valence-corrected chi connectivity index (χ2v) is 16.8. The van der Waals surface area contributed by atoms with Crippen LogP contribution in [0.2, 0.25) is 10.0 Å². The van der Waals surface area contributed by atoms with Crippen LogP contribution < -0.4 is 19.3 Å². The van der Waals surface area contributed by atoms with Gasteiger partial charge < -0.3 is 15.3 Å². The van der Waals surface area contributed by atoms with Crippen molar-refractivity contribution in [1.29, 1.82) is 0 Å². The molecule has 3 N–H and O–H groups in total. The summed E-state index contributed by atoms with van der Waals surface area (Å²) in [5.74, 6) is -1.67. The largest absolute Gasteiger partial charge is 0.480 e. The van der Waals surface area contributed by atoms with Gasteiger partial charge in [-0.15, -0.1) is 0 Å². The van der Waals surface area contributed by atoms with E-state index in [1.165, 1.54) is 47.1 Å². The van der Waals surface area contributed by atoms with E-state index < -0.39 is 33.4 Å². The third-order valence-corrected chi connectivity index (χ3v) is 13.2. The minimum atomic E-state index is -4.38. The number of anilines is 1. The number of carbonyl (C=O) groups excluding carboxylic acids is 2. The van der Waals surface area contributed by atoms with Gasteiger partial charge in [-0.25, -0.2) is 9.28 Å². The molecule has 2 aliphatic rings. The number of thiazole rings is 1. The number of hydrogen-bond donors (Lipinski definition) is 3. The van der Waals surface area contributed by atoms with E-state index in [2.05, 4.69) is 16.5 Å². The number of aliphatic carboxylic acids is 1. The van der Waals surface area contributed by atoms with Crippen molar-refractivity contribution < 1.29 is 37.0 Å². The fourth-order valence-corrected chi connectivity index (χ4v) is 10.6. The summed E-state index contributed by atoms with van der Waals surface area (Å²) in [5, 5.41) is 14.2. The Balaban J connectivity index is 1.20. The Labute approximate surface area is 313 Å². The number of carboxylic acids is 1. The van der Waals surface area contributed by atoms with Gasteiger partial charge in [0.25, 0.3) is 10.9 Å². The Morgan fingerprint density at radius 2 is 1.82 bits per heavy atom. The molecule has 0 aliphatic carbocycles. The summed E-state index contributed by atoms with van der Waals surface area (Å²) in [5.41, 5.74) is 2.42. The SMILES string of the molecule is C=C(C(=O)NCCCC[n+]1c(/C=C2\Sc3ccc(Cl)cc3[N+]23CCC3S(=O)(=O)O)sc2ccc(Cl)cc21)N(c1ccc(C=O)cc1)C(C)C(=O)O. The molecule has 1 spiro atoms. The molecular weight excluding hydrogens is 756 g/mol. The van der Waals surface area contributed by atoms with Gasteiger partial charge in [0.1, 0.15) is 22.7 Å². The summed E-state index contributed by atoms with van der Waals surface area (Å²) >= 11 is 15.8. The lowest BCUT2D eigenvalue weighted by atomic mass is 10.1. The number of nitrogens with zero attached hydrogens (tertiary/aromatic N) is 3. The molecule has 1 saturated heterocycles. The van der Waals surface area contributed by atoms with Crippen LogP contribution in [-0.4, -0.2) is 60.7 Å². The molecule has 51 heavy (non-hydrogen) atoms. The minimum absolute atomic E-state index is 0.0247. The molecule has 1 fully saturated rings.